The van der Waals surface area contributed by atoms with Crippen LogP contribution in [0, 0.1) is 5.92 Å². The van der Waals surface area contributed by atoms with E-state index < -0.39 is 0 Å². The van der Waals surface area contributed by atoms with E-state index >= 15 is 0 Å². The molecular weight excluding hydrogens is 160 g/mol. The Kier molecular flexibility index (Phi) is 2.89. The van der Waals surface area contributed by atoms with Gasteiger partial charge in [0.05, 0.1) is 0 Å². The molecule has 0 amide bonds. The minimum atomic E-state index is 0.446. The van der Waals surface area contributed by atoms with E-state index in [0.717, 1.165) is 18.4 Å². The topological polar surface area (TPSA) is 38.0 Å². The summed E-state index contributed by atoms with van der Waals surface area (Å²) < 4.78 is 0. The van der Waals surface area contributed by atoms with Crippen molar-refractivity contribution < 1.29 is 0 Å². The van der Waals surface area contributed by atoms with Crippen LogP contribution in [0.3, 0.4) is 0 Å². The third-order valence-electron chi connectivity index (χ3n) is 3.68. The van der Waals surface area contributed by atoms with Gasteiger partial charge in [0.2, 0.25) is 0 Å². The van der Waals surface area contributed by atoms with Gasteiger partial charge in [-0.1, -0.05) is 12.8 Å². The Morgan fingerprint density at radius 2 is 1.85 bits per heavy atom. The fraction of sp³-hybridized carbons (Fsp3) is 1.00. The summed E-state index contributed by atoms with van der Waals surface area (Å²) in [5, 5.41) is 3.71. The third-order valence-corrected chi connectivity index (χ3v) is 3.68. The highest BCUT2D eigenvalue weighted by atomic mass is 15.0. The van der Waals surface area contributed by atoms with Gasteiger partial charge in [-0.25, -0.2) is 0 Å². The summed E-state index contributed by atoms with van der Waals surface area (Å²) in [5.74, 6) is 0.925. The first kappa shape index (κ1) is 9.47. The van der Waals surface area contributed by atoms with E-state index in [1.807, 2.05) is 0 Å². The van der Waals surface area contributed by atoms with E-state index in [0.29, 0.717) is 12.1 Å². The predicted octanol–water partition coefficient (Wildman–Crippen LogP) is 1.64. The Balaban J connectivity index is 1.90. The first-order valence-corrected chi connectivity index (χ1v) is 5.77. The first-order valence-electron chi connectivity index (χ1n) is 5.77. The quantitative estimate of drug-likeness (QED) is 0.647. The molecule has 1 aliphatic carbocycles. The molecule has 1 saturated carbocycles. The van der Waals surface area contributed by atoms with Crippen LogP contribution in [-0.4, -0.2) is 18.1 Å². The second kappa shape index (κ2) is 3.97. The molecule has 0 radical (unpaired) electrons. The highest BCUT2D eigenvalue weighted by Gasteiger charge is 2.30. The average Bonchev–Trinajstić information content (AvgIpc) is 2.53. The van der Waals surface area contributed by atoms with Gasteiger partial charge < -0.3 is 11.1 Å². The minimum Gasteiger partial charge on any atom is -0.328 e. The molecule has 0 unspecified atom stereocenters. The fourth-order valence-electron chi connectivity index (χ4n) is 3.07. The molecule has 1 heterocycles. The average molecular weight is 182 g/mol. The van der Waals surface area contributed by atoms with Crippen LogP contribution in [0.4, 0.5) is 0 Å². The SMILES string of the molecule is C[C@H]1C[C@@H](N)C[C@@H](C2CCCC2)N1. The van der Waals surface area contributed by atoms with Gasteiger partial charge in [-0.3, -0.25) is 0 Å². The zero-order valence-corrected chi connectivity index (χ0v) is 8.63. The molecule has 2 heteroatoms. The number of rotatable bonds is 1. The van der Waals surface area contributed by atoms with Crippen molar-refractivity contribution in [2.24, 2.45) is 11.7 Å². The highest BCUT2D eigenvalue weighted by molar-refractivity contribution is 4.90. The number of hydrogen-bond donors (Lipinski definition) is 2. The van der Waals surface area contributed by atoms with Crippen molar-refractivity contribution in [2.75, 3.05) is 0 Å². The molecule has 0 aromatic carbocycles. The van der Waals surface area contributed by atoms with Crippen LogP contribution in [-0.2, 0) is 0 Å². The van der Waals surface area contributed by atoms with Gasteiger partial charge in [0.25, 0.3) is 0 Å². The van der Waals surface area contributed by atoms with Crippen molar-refractivity contribution in [1.82, 2.24) is 5.32 Å². The van der Waals surface area contributed by atoms with Crippen LogP contribution in [0.5, 0.6) is 0 Å². The van der Waals surface area contributed by atoms with Gasteiger partial charge in [0.15, 0.2) is 0 Å². The van der Waals surface area contributed by atoms with Gasteiger partial charge in [-0.15, -0.1) is 0 Å². The number of nitrogens with one attached hydrogen (secondary N) is 1. The van der Waals surface area contributed by atoms with E-state index in [9.17, 15) is 0 Å². The zero-order valence-electron chi connectivity index (χ0n) is 8.63. The lowest BCUT2D eigenvalue weighted by Gasteiger charge is -2.36. The molecule has 1 aliphatic heterocycles. The van der Waals surface area contributed by atoms with Crippen LogP contribution in [0.25, 0.3) is 0 Å². The van der Waals surface area contributed by atoms with Gasteiger partial charge in [-0.05, 0) is 38.5 Å². The summed E-state index contributed by atoms with van der Waals surface area (Å²) in [4.78, 5) is 0. The summed E-state index contributed by atoms with van der Waals surface area (Å²) >= 11 is 0. The number of hydrogen-bond acceptors (Lipinski definition) is 2. The molecule has 3 N–H and O–H groups in total. The van der Waals surface area contributed by atoms with Gasteiger partial charge in [0.1, 0.15) is 0 Å². The van der Waals surface area contributed by atoms with Gasteiger partial charge >= 0.3 is 0 Å². The second-order valence-electron chi connectivity index (χ2n) is 4.95. The Morgan fingerprint density at radius 1 is 1.15 bits per heavy atom. The molecule has 2 aliphatic rings. The monoisotopic (exact) mass is 182 g/mol. The standard InChI is InChI=1S/C11H22N2/c1-8-6-10(12)7-11(13-8)9-4-2-3-5-9/h8-11,13H,2-7,12H2,1H3/t8-,10+,11-/m0/s1. The molecule has 13 heavy (non-hydrogen) atoms. The Morgan fingerprint density at radius 3 is 2.46 bits per heavy atom. The molecule has 0 aromatic rings. The smallest absolute Gasteiger partial charge is 0.0112 e. The first-order chi connectivity index (χ1) is 6.25. The largest absolute Gasteiger partial charge is 0.328 e. The fourth-order valence-corrected chi connectivity index (χ4v) is 3.07. The van der Waals surface area contributed by atoms with E-state index in [1.165, 1.54) is 32.1 Å². The van der Waals surface area contributed by atoms with Crippen LogP contribution in [0.1, 0.15) is 45.4 Å². The summed E-state index contributed by atoms with van der Waals surface area (Å²) in [6.45, 7) is 2.26. The summed E-state index contributed by atoms with van der Waals surface area (Å²) in [6.07, 6.45) is 8.09. The molecule has 3 atom stereocenters. The summed E-state index contributed by atoms with van der Waals surface area (Å²) in [5.41, 5.74) is 6.04. The maximum absolute atomic E-state index is 6.04. The molecule has 2 rings (SSSR count). The van der Waals surface area contributed by atoms with Gasteiger partial charge in [-0.2, -0.15) is 0 Å². The molecule has 76 valence electrons. The van der Waals surface area contributed by atoms with Crippen molar-refractivity contribution >= 4 is 0 Å². The lowest BCUT2D eigenvalue weighted by Crippen LogP contribution is -2.51. The van der Waals surface area contributed by atoms with Crippen LogP contribution in [0.2, 0.25) is 0 Å². The number of piperidine rings is 1. The zero-order chi connectivity index (χ0) is 9.26. The normalized spacial score (nSPS) is 42.5. The van der Waals surface area contributed by atoms with Crippen molar-refractivity contribution in [1.29, 1.82) is 0 Å². The van der Waals surface area contributed by atoms with E-state index in [2.05, 4.69) is 12.2 Å². The lowest BCUT2D eigenvalue weighted by atomic mass is 9.86. The van der Waals surface area contributed by atoms with Crippen molar-refractivity contribution in [3.05, 3.63) is 0 Å². The van der Waals surface area contributed by atoms with Crippen molar-refractivity contribution in [3.8, 4) is 0 Å². The Labute approximate surface area is 81.3 Å². The second-order valence-corrected chi connectivity index (χ2v) is 4.95. The molecule has 0 spiro atoms. The van der Waals surface area contributed by atoms with Crippen molar-refractivity contribution in [3.63, 3.8) is 0 Å². The van der Waals surface area contributed by atoms with Crippen LogP contribution >= 0.6 is 0 Å². The van der Waals surface area contributed by atoms with Crippen LogP contribution < -0.4 is 11.1 Å². The number of nitrogens with two attached hydrogens (primary N) is 1. The predicted molar refractivity (Wildman–Crippen MR) is 55.6 cm³/mol. The Hall–Kier alpha value is -0.0800. The van der Waals surface area contributed by atoms with E-state index in [4.69, 9.17) is 5.73 Å². The molecule has 1 saturated heterocycles. The Bertz CT molecular complexity index is 153. The molecule has 2 nitrogen and oxygen atoms in total. The minimum absolute atomic E-state index is 0.446. The molecule has 0 aromatic heterocycles. The van der Waals surface area contributed by atoms with E-state index in [-0.39, 0.29) is 0 Å². The van der Waals surface area contributed by atoms with Crippen molar-refractivity contribution in [2.45, 2.75) is 63.6 Å². The maximum Gasteiger partial charge on any atom is 0.0112 e. The lowest BCUT2D eigenvalue weighted by molar-refractivity contribution is 0.237. The van der Waals surface area contributed by atoms with Crippen LogP contribution in [0.15, 0.2) is 0 Å². The summed E-state index contributed by atoms with van der Waals surface area (Å²) in [6, 6.07) is 1.80. The van der Waals surface area contributed by atoms with E-state index in [1.54, 1.807) is 0 Å². The van der Waals surface area contributed by atoms with Gasteiger partial charge in [0, 0.05) is 18.1 Å². The third kappa shape index (κ3) is 2.23. The molecular formula is C11H22N2. The molecule has 2 fully saturated rings. The maximum atomic E-state index is 6.04. The summed E-state index contributed by atoms with van der Waals surface area (Å²) in [7, 11) is 0. The molecule has 0 bridgehead atoms. The highest BCUT2D eigenvalue weighted by Crippen LogP contribution is 2.31.